The Labute approximate surface area is 187 Å². The summed E-state index contributed by atoms with van der Waals surface area (Å²) in [5.41, 5.74) is -0.137. The highest BCUT2D eigenvalue weighted by Crippen LogP contribution is 2.38. The Bertz CT molecular complexity index is 1030. The van der Waals surface area contributed by atoms with Crippen molar-refractivity contribution in [2.24, 2.45) is 0 Å². The molecular formula is C25H27F3N2OSi. The van der Waals surface area contributed by atoms with Crippen molar-refractivity contribution in [1.82, 2.24) is 4.98 Å². The van der Waals surface area contributed by atoms with Gasteiger partial charge in [0.2, 0.25) is 0 Å². The number of alkyl halides is 3. The van der Waals surface area contributed by atoms with Gasteiger partial charge in [-0.3, -0.25) is 0 Å². The van der Waals surface area contributed by atoms with Crippen LogP contribution in [0.15, 0.2) is 72.9 Å². The van der Waals surface area contributed by atoms with Crippen LogP contribution in [0.25, 0.3) is 0 Å². The summed E-state index contributed by atoms with van der Waals surface area (Å²) in [5, 5.41) is 5.44. The van der Waals surface area contributed by atoms with Crippen LogP contribution in [0.1, 0.15) is 31.9 Å². The predicted molar refractivity (Wildman–Crippen MR) is 124 cm³/mol. The van der Waals surface area contributed by atoms with E-state index in [9.17, 15) is 13.2 Å². The number of anilines is 1. The largest absolute Gasteiger partial charge is 0.417 e. The first-order valence-electron chi connectivity index (χ1n) is 10.7. The van der Waals surface area contributed by atoms with Crippen molar-refractivity contribution in [3.63, 3.8) is 0 Å². The molecule has 0 aliphatic carbocycles. The van der Waals surface area contributed by atoms with E-state index < -0.39 is 20.1 Å². The summed E-state index contributed by atoms with van der Waals surface area (Å²) in [5.74, 6) is 0.508. The Kier molecular flexibility index (Phi) is 5.90. The number of hydrogen-bond donors (Lipinski definition) is 1. The highest BCUT2D eigenvalue weighted by Gasteiger charge is 2.50. The van der Waals surface area contributed by atoms with Crippen LogP contribution in [0, 0.1) is 0 Å². The molecule has 168 valence electrons. The van der Waals surface area contributed by atoms with E-state index in [0.29, 0.717) is 24.4 Å². The molecule has 3 aromatic rings. The van der Waals surface area contributed by atoms with Crippen LogP contribution in [0.5, 0.6) is 0 Å². The van der Waals surface area contributed by atoms with Gasteiger partial charge in [-0.2, -0.15) is 13.2 Å². The maximum absolute atomic E-state index is 13.1. The average Bonchev–Trinajstić information content (AvgIpc) is 3.16. The van der Waals surface area contributed by atoms with Crippen molar-refractivity contribution >= 4 is 24.5 Å². The SMILES string of the molecule is CC(C)(C)[Si](OC[C@@H]1Cc2cc(C(F)(F)F)cnc2N1)(c1ccccc1)c1ccccc1. The summed E-state index contributed by atoms with van der Waals surface area (Å²) in [7, 11) is -2.70. The molecule has 1 atom stereocenters. The van der Waals surface area contributed by atoms with Crippen LogP contribution in [0.2, 0.25) is 5.04 Å². The third-order valence-electron chi connectivity index (χ3n) is 6.02. The molecule has 0 saturated heterocycles. The number of benzene rings is 2. The fourth-order valence-electron chi connectivity index (χ4n) is 4.55. The van der Waals surface area contributed by atoms with Crippen molar-refractivity contribution in [3.05, 3.63) is 84.1 Å². The van der Waals surface area contributed by atoms with Crippen LogP contribution in [-0.4, -0.2) is 26.0 Å². The van der Waals surface area contributed by atoms with E-state index in [-0.39, 0.29) is 11.1 Å². The molecule has 0 fully saturated rings. The van der Waals surface area contributed by atoms with E-state index in [1.807, 2.05) is 36.4 Å². The highest BCUT2D eigenvalue weighted by molar-refractivity contribution is 6.99. The molecule has 1 aromatic heterocycles. The van der Waals surface area contributed by atoms with Crippen LogP contribution in [0.4, 0.5) is 19.0 Å². The number of nitrogens with one attached hydrogen (secondary N) is 1. The first-order valence-corrected chi connectivity index (χ1v) is 12.6. The van der Waals surface area contributed by atoms with Gasteiger partial charge in [0.05, 0.1) is 18.2 Å². The third kappa shape index (κ3) is 4.19. The average molecular weight is 457 g/mol. The topological polar surface area (TPSA) is 34.1 Å². The summed E-state index contributed by atoms with van der Waals surface area (Å²) in [6.45, 7) is 6.98. The zero-order valence-corrected chi connectivity index (χ0v) is 19.4. The van der Waals surface area contributed by atoms with Gasteiger partial charge >= 0.3 is 6.18 Å². The van der Waals surface area contributed by atoms with Gasteiger partial charge in [0.25, 0.3) is 8.32 Å². The molecule has 32 heavy (non-hydrogen) atoms. The highest BCUT2D eigenvalue weighted by atomic mass is 28.4. The minimum atomic E-state index is -4.40. The Balaban J connectivity index is 1.64. The number of pyridine rings is 1. The Hall–Kier alpha value is -2.64. The van der Waals surface area contributed by atoms with E-state index in [0.717, 1.165) is 6.20 Å². The van der Waals surface area contributed by atoms with Crippen molar-refractivity contribution < 1.29 is 17.6 Å². The summed E-state index contributed by atoms with van der Waals surface area (Å²) in [6.07, 6.45) is -3.06. The second kappa shape index (κ2) is 8.37. The number of halogens is 3. The molecule has 0 saturated carbocycles. The molecule has 1 aliphatic heterocycles. The van der Waals surface area contributed by atoms with E-state index in [1.54, 1.807) is 0 Å². The number of hydrogen-bond acceptors (Lipinski definition) is 3. The fraction of sp³-hybridized carbons (Fsp3) is 0.320. The summed E-state index contributed by atoms with van der Waals surface area (Å²) < 4.78 is 46.2. The quantitative estimate of drug-likeness (QED) is 0.548. The lowest BCUT2D eigenvalue weighted by Gasteiger charge is -2.43. The first kappa shape index (κ1) is 22.5. The molecule has 0 radical (unpaired) electrons. The Morgan fingerprint density at radius 3 is 2.03 bits per heavy atom. The number of rotatable bonds is 5. The van der Waals surface area contributed by atoms with Gasteiger partial charge in [0.1, 0.15) is 5.82 Å². The molecule has 7 heteroatoms. The Morgan fingerprint density at radius 1 is 0.969 bits per heavy atom. The van der Waals surface area contributed by atoms with Crippen LogP contribution in [-0.2, 0) is 17.0 Å². The van der Waals surface area contributed by atoms with Crippen molar-refractivity contribution in [3.8, 4) is 0 Å². The molecule has 0 spiro atoms. The van der Waals surface area contributed by atoms with Gasteiger partial charge in [-0.25, -0.2) is 4.98 Å². The molecule has 2 heterocycles. The summed E-state index contributed by atoms with van der Waals surface area (Å²) in [6, 6.07) is 21.7. The zero-order valence-electron chi connectivity index (χ0n) is 18.4. The van der Waals surface area contributed by atoms with Gasteiger partial charge in [0.15, 0.2) is 0 Å². The minimum absolute atomic E-state index is 0.136. The van der Waals surface area contributed by atoms with Crippen molar-refractivity contribution in [2.75, 3.05) is 11.9 Å². The van der Waals surface area contributed by atoms with Crippen molar-refractivity contribution in [2.45, 2.75) is 44.4 Å². The molecular weight excluding hydrogens is 429 g/mol. The van der Waals surface area contributed by atoms with E-state index in [4.69, 9.17) is 4.43 Å². The van der Waals surface area contributed by atoms with E-state index in [1.165, 1.54) is 16.4 Å². The zero-order chi connectivity index (χ0) is 23.0. The molecule has 0 unspecified atom stereocenters. The molecule has 4 rings (SSSR count). The second-order valence-corrected chi connectivity index (χ2v) is 13.6. The lowest BCUT2D eigenvalue weighted by atomic mass is 10.1. The summed E-state index contributed by atoms with van der Waals surface area (Å²) in [4.78, 5) is 4.01. The van der Waals surface area contributed by atoms with Crippen molar-refractivity contribution in [1.29, 1.82) is 0 Å². The van der Waals surface area contributed by atoms with E-state index >= 15 is 0 Å². The molecule has 1 aliphatic rings. The predicted octanol–water partition coefficient (Wildman–Crippen LogP) is 5.01. The van der Waals surface area contributed by atoms with Crippen LogP contribution in [0.3, 0.4) is 0 Å². The van der Waals surface area contributed by atoms with E-state index in [2.05, 4.69) is 55.3 Å². The molecule has 1 N–H and O–H groups in total. The molecule has 3 nitrogen and oxygen atoms in total. The number of fused-ring (bicyclic) bond motifs is 1. The van der Waals surface area contributed by atoms with Gasteiger partial charge < -0.3 is 9.74 Å². The Morgan fingerprint density at radius 2 is 1.53 bits per heavy atom. The van der Waals surface area contributed by atoms with Crippen LogP contribution >= 0.6 is 0 Å². The monoisotopic (exact) mass is 456 g/mol. The first-order chi connectivity index (χ1) is 15.1. The maximum Gasteiger partial charge on any atom is 0.417 e. The van der Waals surface area contributed by atoms with Gasteiger partial charge in [-0.05, 0) is 33.5 Å². The maximum atomic E-state index is 13.1. The summed E-state index contributed by atoms with van der Waals surface area (Å²) >= 11 is 0. The van der Waals surface area contributed by atoms with Crippen LogP contribution < -0.4 is 15.7 Å². The lowest BCUT2D eigenvalue weighted by molar-refractivity contribution is -0.137. The molecule has 0 bridgehead atoms. The fourth-order valence-corrected chi connectivity index (χ4v) is 9.16. The number of aromatic nitrogens is 1. The van der Waals surface area contributed by atoms with Gasteiger partial charge in [-0.15, -0.1) is 0 Å². The standard InChI is InChI=1S/C25H27F3N2OSi/c1-24(2,3)32(21-10-6-4-7-11-21,22-12-8-5-9-13-22)31-17-20-15-18-14-19(25(26,27)28)16-29-23(18)30-20/h4-14,16,20H,15,17H2,1-3H3,(H,29,30)/t20-/m0/s1. The van der Waals surface area contributed by atoms with Gasteiger partial charge in [0, 0.05) is 6.20 Å². The normalized spacial score (nSPS) is 16.5. The molecule has 0 amide bonds. The second-order valence-electron chi connectivity index (χ2n) is 9.25. The minimum Gasteiger partial charge on any atom is -0.405 e. The lowest BCUT2D eigenvalue weighted by Crippen LogP contribution is -2.67. The van der Waals surface area contributed by atoms with Gasteiger partial charge in [-0.1, -0.05) is 81.4 Å². The smallest absolute Gasteiger partial charge is 0.405 e. The number of nitrogens with zero attached hydrogens (tertiary/aromatic N) is 1. The third-order valence-corrected chi connectivity index (χ3v) is 11.0. The molecule has 2 aromatic carbocycles.